The Morgan fingerprint density at radius 3 is 2.72 bits per heavy atom. The van der Waals surface area contributed by atoms with Crippen LogP contribution in [0.15, 0.2) is 42.5 Å². The molecule has 10 nitrogen and oxygen atoms in total. The van der Waals surface area contributed by atoms with Crippen LogP contribution in [-0.4, -0.2) is 70.4 Å². The predicted molar refractivity (Wildman–Crippen MR) is 196 cm³/mol. The zero-order valence-electron chi connectivity index (χ0n) is 28.3. The molecule has 1 unspecified atom stereocenters. The Balaban J connectivity index is 1.02. The Morgan fingerprint density at radius 1 is 1.08 bits per heavy atom. The average Bonchev–Trinajstić information content (AvgIpc) is 3.91. The van der Waals surface area contributed by atoms with Crippen molar-refractivity contribution in [3.05, 3.63) is 75.5 Å². The number of para-hydroxylation sites is 1. The van der Waals surface area contributed by atoms with Crippen molar-refractivity contribution in [3.63, 3.8) is 0 Å². The number of hydrogen-bond donors (Lipinski definition) is 1. The van der Waals surface area contributed by atoms with E-state index in [-0.39, 0.29) is 24.1 Å². The van der Waals surface area contributed by atoms with E-state index < -0.39 is 11.8 Å². The first-order valence-electron chi connectivity index (χ1n) is 16.9. The molecule has 0 bridgehead atoms. The Labute approximate surface area is 298 Å². The number of rotatable bonds is 10. The molecular weight excluding hydrogens is 674 g/mol. The predicted octanol–water partition coefficient (Wildman–Crippen LogP) is 7.45. The van der Waals surface area contributed by atoms with E-state index >= 15 is 0 Å². The summed E-state index contributed by atoms with van der Waals surface area (Å²) in [7, 11) is 1.35. The molecule has 0 aliphatic carbocycles. The lowest BCUT2D eigenvalue weighted by Gasteiger charge is -2.28. The molecule has 1 saturated heterocycles. The van der Waals surface area contributed by atoms with Crippen LogP contribution in [0.4, 0.5) is 26.3 Å². The topological polar surface area (TPSA) is 106 Å². The molecule has 7 rings (SSSR count). The summed E-state index contributed by atoms with van der Waals surface area (Å²) in [5.74, 6) is 6.98. The normalized spacial score (nSPS) is 15.0. The van der Waals surface area contributed by atoms with Crippen LogP contribution in [0.2, 0.25) is 0 Å². The van der Waals surface area contributed by atoms with Crippen molar-refractivity contribution in [2.75, 3.05) is 43.6 Å². The quantitative estimate of drug-likeness (QED) is 0.0892. The molecule has 0 radical (unpaired) electrons. The van der Waals surface area contributed by atoms with Crippen LogP contribution in [0.5, 0.6) is 5.75 Å². The Hall–Kier alpha value is -4.64. The van der Waals surface area contributed by atoms with Gasteiger partial charge in [0.15, 0.2) is 39.2 Å². The van der Waals surface area contributed by atoms with Gasteiger partial charge >= 0.3 is 5.97 Å². The lowest BCUT2D eigenvalue weighted by Crippen LogP contribution is -2.28. The lowest BCUT2D eigenvalue weighted by molar-refractivity contribution is 0.0593. The number of likely N-dealkylation sites (tertiary alicyclic amines) is 1. The number of fused-ring (bicyclic) bond motifs is 2. The van der Waals surface area contributed by atoms with Crippen LogP contribution < -0.4 is 15.0 Å². The minimum absolute atomic E-state index is 0.145. The number of nitrogens with one attached hydrogen (secondary N) is 1. The summed E-state index contributed by atoms with van der Waals surface area (Å²) < 4.78 is 26.9. The van der Waals surface area contributed by atoms with Gasteiger partial charge in [-0.05, 0) is 95.8 Å². The standard InChI is InChI=1S/C37H38FN7O3S2/c1-23(44-18-6-7-19-44)14-15-25-16-17-29(27(38)22-25)48-21-9-13-31-32(35(46)47-3)40-37(50-31)45-20-8-10-26-24(2)33(42-43-34(26)45)41-36-39-28-11-4-5-12-30(28)49-36/h4-5,11-12,16-17,22-23H,6-10,13,18-21H2,1-3H3,(H,39,41,42). The molecule has 1 fully saturated rings. The molecule has 2 aliphatic rings. The number of methoxy groups -OCH3 is 1. The van der Waals surface area contributed by atoms with Gasteiger partial charge in [-0.2, -0.15) is 0 Å². The number of esters is 1. The molecule has 3 aromatic heterocycles. The SMILES string of the molecule is COC(=O)c1nc(N2CCCc3c2nnc(Nc2nc4ccccc4s2)c3C)sc1CCCOc1ccc(C#CC(C)N2CCCC2)cc1F. The highest BCUT2D eigenvalue weighted by Crippen LogP contribution is 2.39. The van der Waals surface area contributed by atoms with E-state index in [2.05, 4.69) is 44.2 Å². The minimum atomic E-state index is -0.500. The van der Waals surface area contributed by atoms with Gasteiger partial charge < -0.3 is 19.7 Å². The lowest BCUT2D eigenvalue weighted by atomic mass is 10.0. The van der Waals surface area contributed by atoms with E-state index in [1.54, 1.807) is 23.5 Å². The van der Waals surface area contributed by atoms with E-state index in [4.69, 9.17) is 14.5 Å². The van der Waals surface area contributed by atoms with Crippen LogP contribution in [0.1, 0.15) is 64.7 Å². The largest absolute Gasteiger partial charge is 0.491 e. The van der Waals surface area contributed by atoms with Crippen LogP contribution in [-0.2, 0) is 17.6 Å². The first-order valence-corrected chi connectivity index (χ1v) is 18.5. The van der Waals surface area contributed by atoms with Gasteiger partial charge in [0, 0.05) is 28.1 Å². The highest BCUT2D eigenvalue weighted by Gasteiger charge is 2.29. The van der Waals surface area contributed by atoms with Gasteiger partial charge in [0.05, 0.1) is 30.0 Å². The fraction of sp³-hybridized carbons (Fsp3) is 0.378. The average molecular weight is 712 g/mol. The van der Waals surface area contributed by atoms with E-state index in [0.717, 1.165) is 63.1 Å². The molecule has 2 aliphatic heterocycles. The number of anilines is 4. The number of halogens is 1. The van der Waals surface area contributed by atoms with Crippen molar-refractivity contribution in [2.45, 2.75) is 58.4 Å². The minimum Gasteiger partial charge on any atom is -0.491 e. The summed E-state index contributed by atoms with van der Waals surface area (Å²) >= 11 is 3.00. The second kappa shape index (κ2) is 15.1. The van der Waals surface area contributed by atoms with Gasteiger partial charge in [-0.25, -0.2) is 19.2 Å². The van der Waals surface area contributed by atoms with Gasteiger partial charge in [-0.3, -0.25) is 4.90 Å². The van der Waals surface area contributed by atoms with Gasteiger partial charge in [0.25, 0.3) is 0 Å². The van der Waals surface area contributed by atoms with Gasteiger partial charge in [0.2, 0.25) is 0 Å². The van der Waals surface area contributed by atoms with Gasteiger partial charge in [0.1, 0.15) is 0 Å². The molecule has 50 heavy (non-hydrogen) atoms. The maximum Gasteiger partial charge on any atom is 0.357 e. The van der Waals surface area contributed by atoms with Gasteiger partial charge in [-0.15, -0.1) is 21.5 Å². The fourth-order valence-corrected chi connectivity index (χ4v) is 8.29. The Bertz CT molecular complexity index is 2050. The number of aromatic nitrogens is 4. The molecule has 13 heteroatoms. The smallest absolute Gasteiger partial charge is 0.357 e. The van der Waals surface area contributed by atoms with E-state index in [9.17, 15) is 9.18 Å². The second-order valence-corrected chi connectivity index (χ2v) is 14.5. The number of thiazole rings is 2. The van der Waals surface area contributed by atoms with Gasteiger partial charge in [-0.1, -0.05) is 35.3 Å². The summed E-state index contributed by atoms with van der Waals surface area (Å²) in [6.07, 6.45) is 5.21. The van der Waals surface area contributed by atoms with E-state index in [0.29, 0.717) is 35.9 Å². The first kappa shape index (κ1) is 33.8. The molecule has 1 N–H and O–H groups in total. The third-order valence-electron chi connectivity index (χ3n) is 9.05. The monoisotopic (exact) mass is 711 g/mol. The molecule has 0 amide bonds. The molecule has 1 atom stereocenters. The zero-order chi connectivity index (χ0) is 34.6. The van der Waals surface area contributed by atoms with E-state index in [1.165, 1.54) is 37.4 Å². The van der Waals surface area contributed by atoms with Crippen LogP contribution in [0.3, 0.4) is 0 Å². The number of carbonyl (C=O) groups excluding carboxylic acids is 1. The van der Waals surface area contributed by atoms with Crippen molar-refractivity contribution >= 4 is 60.8 Å². The molecule has 5 aromatic rings. The third-order valence-corrected chi connectivity index (χ3v) is 11.1. The summed E-state index contributed by atoms with van der Waals surface area (Å²) in [5.41, 5.74) is 3.92. The molecule has 5 heterocycles. The number of ether oxygens (including phenoxy) is 2. The second-order valence-electron chi connectivity index (χ2n) is 12.4. The Morgan fingerprint density at radius 2 is 1.92 bits per heavy atom. The van der Waals surface area contributed by atoms with Crippen molar-refractivity contribution in [1.29, 1.82) is 0 Å². The molecule has 2 aromatic carbocycles. The highest BCUT2D eigenvalue weighted by atomic mass is 32.1. The molecular formula is C37H38FN7O3S2. The summed E-state index contributed by atoms with van der Waals surface area (Å²) in [6.45, 7) is 7.22. The van der Waals surface area contributed by atoms with Crippen molar-refractivity contribution in [1.82, 2.24) is 25.1 Å². The van der Waals surface area contributed by atoms with Crippen LogP contribution in [0.25, 0.3) is 10.2 Å². The van der Waals surface area contributed by atoms with Crippen molar-refractivity contribution in [2.24, 2.45) is 0 Å². The van der Waals surface area contributed by atoms with Crippen LogP contribution in [0, 0.1) is 24.6 Å². The van der Waals surface area contributed by atoms with E-state index in [1.807, 2.05) is 36.1 Å². The maximum atomic E-state index is 14.9. The zero-order valence-corrected chi connectivity index (χ0v) is 29.9. The number of hydrogen-bond acceptors (Lipinski definition) is 12. The number of carbonyl (C=O) groups is 1. The number of aryl methyl sites for hydroxylation is 1. The summed E-state index contributed by atoms with van der Waals surface area (Å²) in [5, 5.41) is 14.0. The molecule has 0 spiro atoms. The van der Waals surface area contributed by atoms with Crippen molar-refractivity contribution < 1.29 is 18.7 Å². The maximum absolute atomic E-state index is 14.9. The number of benzene rings is 2. The third kappa shape index (κ3) is 7.28. The first-order chi connectivity index (χ1) is 24.4. The Kier molecular flexibility index (Phi) is 10.2. The van der Waals surface area contributed by atoms with Crippen molar-refractivity contribution in [3.8, 4) is 17.6 Å². The summed E-state index contributed by atoms with van der Waals surface area (Å²) in [4.78, 5) is 27.3. The van der Waals surface area contributed by atoms with Crippen LogP contribution >= 0.6 is 22.7 Å². The summed E-state index contributed by atoms with van der Waals surface area (Å²) in [6, 6.07) is 13.0. The number of nitrogens with zero attached hydrogens (tertiary/aromatic N) is 6. The molecule has 258 valence electrons. The highest BCUT2D eigenvalue weighted by molar-refractivity contribution is 7.22. The molecule has 0 saturated carbocycles. The fourth-order valence-electron chi connectivity index (χ4n) is 6.31.